The monoisotopic (exact) mass is 549 g/mol. The van der Waals surface area contributed by atoms with Gasteiger partial charge in [-0.05, 0) is 61.0 Å². The number of aromatic nitrogens is 1. The van der Waals surface area contributed by atoms with Gasteiger partial charge in [0.2, 0.25) is 0 Å². The molecule has 1 aliphatic rings. The van der Waals surface area contributed by atoms with Crippen LogP contribution in [0.5, 0.6) is 5.75 Å². The minimum Gasteiger partial charge on any atom is -0.493 e. The normalized spacial score (nSPS) is 15.8. The Morgan fingerprint density at radius 2 is 1.75 bits per heavy atom. The first-order valence-electron chi connectivity index (χ1n) is 15.6. The quantitative estimate of drug-likeness (QED) is 0.263. The third-order valence-electron chi connectivity index (χ3n) is 6.61. The van der Waals surface area contributed by atoms with Crippen LogP contribution in [0.1, 0.15) is 53.5 Å². The maximum absolute atomic E-state index is 14.4. The highest BCUT2D eigenvalue weighted by atomic mass is 16.5. The van der Waals surface area contributed by atoms with Crippen LogP contribution in [-0.2, 0) is 16.1 Å². The number of nitrogens with zero attached hydrogens (tertiary/aromatic N) is 3. The minimum absolute atomic E-state index is 0.0934. The minimum atomic E-state index is -2.72. The van der Waals surface area contributed by atoms with E-state index < -0.39 is 24.7 Å². The van der Waals surface area contributed by atoms with E-state index in [0.717, 1.165) is 10.5 Å². The highest BCUT2D eigenvalue weighted by molar-refractivity contribution is 6.00. The van der Waals surface area contributed by atoms with Gasteiger partial charge >= 0.3 is 5.97 Å². The molecule has 8 nitrogen and oxygen atoms in total. The van der Waals surface area contributed by atoms with Crippen molar-refractivity contribution >= 4 is 11.9 Å². The van der Waals surface area contributed by atoms with Crippen LogP contribution in [0, 0.1) is 0 Å². The van der Waals surface area contributed by atoms with Crippen molar-refractivity contribution in [3.8, 4) is 16.9 Å². The number of para-hydroxylation sites is 1. The molecule has 212 valence electrons. The molecule has 0 spiro atoms. The van der Waals surface area contributed by atoms with Crippen LogP contribution in [0.3, 0.4) is 0 Å². The summed E-state index contributed by atoms with van der Waals surface area (Å²) in [7, 11) is 0. The van der Waals surface area contributed by atoms with E-state index in [9.17, 15) is 9.59 Å². The van der Waals surface area contributed by atoms with E-state index in [-0.39, 0.29) is 25.1 Å². The van der Waals surface area contributed by atoms with Gasteiger partial charge in [0.15, 0.2) is 0 Å². The van der Waals surface area contributed by atoms with Crippen LogP contribution >= 0.6 is 0 Å². The summed E-state index contributed by atoms with van der Waals surface area (Å²) in [5, 5.41) is 8.86. The lowest BCUT2D eigenvalue weighted by Crippen LogP contribution is -2.39. The summed E-state index contributed by atoms with van der Waals surface area (Å²) < 4.78 is 47.6. The number of carboxylic acid groups (broad SMARTS) is 1. The molecule has 0 aliphatic carbocycles. The lowest BCUT2D eigenvalue weighted by atomic mass is 9.99. The average Bonchev–Trinajstić information content (AvgIpc) is 3.02. The molecule has 0 radical (unpaired) electrons. The Morgan fingerprint density at radius 1 is 1.00 bits per heavy atom. The number of unbranched alkanes of at least 4 members (excludes halogenated alkanes) is 2. The molecule has 2 aromatic carbocycles. The molecule has 0 saturated carbocycles. The molecule has 0 bridgehead atoms. The van der Waals surface area contributed by atoms with E-state index >= 15 is 0 Å². The summed E-state index contributed by atoms with van der Waals surface area (Å²) in [6, 6.07) is 17.4. The number of carboxylic acids is 1. The Hall–Kier alpha value is -3.75. The number of morpholine rings is 1. The Kier molecular flexibility index (Phi) is 9.48. The Morgan fingerprint density at radius 3 is 2.55 bits per heavy atom. The van der Waals surface area contributed by atoms with E-state index in [0.29, 0.717) is 69.0 Å². The molecule has 1 aromatic heterocycles. The summed E-state index contributed by atoms with van der Waals surface area (Å²) in [6.07, 6.45) is 2.73. The van der Waals surface area contributed by atoms with Gasteiger partial charge in [0.25, 0.3) is 5.91 Å². The van der Waals surface area contributed by atoms with E-state index in [4.69, 9.17) is 20.1 Å². The van der Waals surface area contributed by atoms with Crippen molar-refractivity contribution in [2.75, 3.05) is 46.0 Å². The van der Waals surface area contributed by atoms with Crippen molar-refractivity contribution in [2.24, 2.45) is 0 Å². The number of hydrogen-bond donors (Lipinski definition) is 1. The van der Waals surface area contributed by atoms with Crippen LogP contribution in [0.15, 0.2) is 73.1 Å². The maximum Gasteiger partial charge on any atom is 0.303 e. The van der Waals surface area contributed by atoms with Crippen molar-refractivity contribution < 1.29 is 29.7 Å². The van der Waals surface area contributed by atoms with Crippen molar-refractivity contribution in [2.45, 2.75) is 38.6 Å². The third-order valence-corrected chi connectivity index (χ3v) is 6.61. The van der Waals surface area contributed by atoms with Gasteiger partial charge in [-0.2, -0.15) is 0 Å². The summed E-state index contributed by atoms with van der Waals surface area (Å²) in [5.41, 5.74) is 2.08. The molecule has 1 fully saturated rings. The molecule has 40 heavy (non-hydrogen) atoms. The van der Waals surface area contributed by atoms with E-state index in [2.05, 4.69) is 4.98 Å². The van der Waals surface area contributed by atoms with Gasteiger partial charge in [-0.15, -0.1) is 0 Å². The topological polar surface area (TPSA) is 92.2 Å². The molecule has 0 unspecified atom stereocenters. The van der Waals surface area contributed by atoms with Crippen LogP contribution in [-0.4, -0.2) is 77.7 Å². The molecule has 1 amide bonds. The third kappa shape index (κ3) is 8.89. The second kappa shape index (κ2) is 15.7. The Labute approximate surface area is 242 Å². The molecule has 1 N–H and O–H groups in total. The van der Waals surface area contributed by atoms with Gasteiger partial charge in [0.1, 0.15) is 5.75 Å². The second-order valence-electron chi connectivity index (χ2n) is 9.51. The lowest BCUT2D eigenvalue weighted by molar-refractivity contribution is -0.137. The average molecular weight is 550 g/mol. The lowest BCUT2D eigenvalue weighted by Gasteiger charge is -2.29. The summed E-state index contributed by atoms with van der Waals surface area (Å²) in [6.45, 7) is -1.06. The molecule has 8 heteroatoms. The fourth-order valence-electron chi connectivity index (χ4n) is 4.44. The molecular weight excluding hydrogens is 506 g/mol. The van der Waals surface area contributed by atoms with Crippen LogP contribution < -0.4 is 4.74 Å². The maximum atomic E-state index is 14.4. The smallest absolute Gasteiger partial charge is 0.303 e. The first kappa shape index (κ1) is 24.1. The first-order chi connectivity index (χ1) is 21.1. The largest absolute Gasteiger partial charge is 0.493 e. The molecule has 0 atom stereocenters. The van der Waals surface area contributed by atoms with E-state index in [1.54, 1.807) is 73.1 Å². The SMILES string of the molecule is [2H]C([2H])(CN1CCOCC1)C([2H])([2H])N(Cc1ccccc1OCCCCCC(=O)O)C(=O)c1ccccc1-c1ccncc1. The van der Waals surface area contributed by atoms with Gasteiger partial charge in [-0.25, -0.2) is 0 Å². The van der Waals surface area contributed by atoms with Gasteiger partial charge in [0, 0.05) is 68.1 Å². The van der Waals surface area contributed by atoms with Gasteiger partial charge in [-0.1, -0.05) is 36.4 Å². The number of amides is 1. The van der Waals surface area contributed by atoms with Crippen LogP contribution in [0.4, 0.5) is 0 Å². The molecule has 2 heterocycles. The number of pyridine rings is 1. The Bertz CT molecular complexity index is 1390. The summed E-state index contributed by atoms with van der Waals surface area (Å²) in [4.78, 5) is 32.1. The molecule has 3 aromatic rings. The van der Waals surface area contributed by atoms with Crippen molar-refractivity contribution in [3.05, 3.63) is 84.2 Å². The summed E-state index contributed by atoms with van der Waals surface area (Å²) in [5.74, 6) is -1.04. The summed E-state index contributed by atoms with van der Waals surface area (Å²) >= 11 is 0. The molecular formula is C32H39N3O5. The van der Waals surface area contributed by atoms with E-state index in [1.165, 1.54) is 0 Å². The van der Waals surface area contributed by atoms with Crippen molar-refractivity contribution in [3.63, 3.8) is 0 Å². The molecule has 1 aliphatic heterocycles. The fourth-order valence-corrected chi connectivity index (χ4v) is 4.44. The first-order valence-corrected chi connectivity index (χ1v) is 13.6. The number of ether oxygens (including phenoxy) is 2. The fraction of sp³-hybridized carbons (Fsp3) is 0.406. The highest BCUT2D eigenvalue weighted by Crippen LogP contribution is 2.27. The standard InChI is InChI=1S/C32H39N3O5/c36-31(37)13-2-1-7-22-40-30-12-6-3-9-27(30)25-35(19-8-18-34-20-23-39-24-21-34)32(38)29-11-5-4-10-28(29)26-14-16-33-17-15-26/h3-6,9-12,14-17H,1-2,7-8,13,18-25H2,(H,36,37)/i8D2,19D2. The number of benzene rings is 2. The van der Waals surface area contributed by atoms with Crippen molar-refractivity contribution in [1.29, 1.82) is 0 Å². The van der Waals surface area contributed by atoms with Crippen LogP contribution in [0.25, 0.3) is 11.1 Å². The van der Waals surface area contributed by atoms with Gasteiger partial charge < -0.3 is 19.5 Å². The number of aliphatic carboxylic acids is 1. The number of carbonyl (C=O) groups excluding carboxylic acids is 1. The second-order valence-corrected chi connectivity index (χ2v) is 9.51. The van der Waals surface area contributed by atoms with E-state index in [1.807, 2.05) is 4.90 Å². The van der Waals surface area contributed by atoms with Gasteiger partial charge in [-0.3, -0.25) is 19.5 Å². The molecule has 4 rings (SSSR count). The number of hydrogen-bond acceptors (Lipinski definition) is 6. The zero-order valence-electron chi connectivity index (χ0n) is 26.6. The predicted molar refractivity (Wildman–Crippen MR) is 154 cm³/mol. The van der Waals surface area contributed by atoms with Crippen molar-refractivity contribution in [1.82, 2.24) is 14.8 Å². The molecule has 1 saturated heterocycles. The zero-order valence-corrected chi connectivity index (χ0v) is 22.6. The van der Waals surface area contributed by atoms with Crippen LogP contribution in [0.2, 0.25) is 0 Å². The zero-order chi connectivity index (χ0) is 31.6. The predicted octanol–water partition coefficient (Wildman–Crippen LogP) is 5.14. The number of rotatable bonds is 15. The number of carbonyl (C=O) groups is 2. The highest BCUT2D eigenvalue weighted by Gasteiger charge is 2.21. The Balaban J connectivity index is 1.66. The van der Waals surface area contributed by atoms with Gasteiger partial charge in [0.05, 0.1) is 19.8 Å².